The van der Waals surface area contributed by atoms with Crippen LogP contribution in [0.1, 0.15) is 25.0 Å². The van der Waals surface area contributed by atoms with Crippen LogP contribution in [0.15, 0.2) is 54.6 Å². The summed E-state index contributed by atoms with van der Waals surface area (Å²) in [5, 5.41) is 9.76. The minimum absolute atomic E-state index is 0.0334. The molecular weight excluding hydrogens is 337 g/mol. The standard InChI is InChI=1S/C20H22FNO4/c1-3-22(19(25)26-14-15-8-5-4-6-9-15)20(2,18(23)24)13-16-10-7-11-17(21)12-16/h4-12H,3,13-14H2,1-2H3,(H,23,24). The molecule has 0 saturated carbocycles. The fraction of sp³-hybridized carbons (Fsp3) is 0.300. The summed E-state index contributed by atoms with van der Waals surface area (Å²) in [6.07, 6.45) is -0.758. The summed E-state index contributed by atoms with van der Waals surface area (Å²) < 4.78 is 18.7. The van der Waals surface area contributed by atoms with Crippen LogP contribution in [0.3, 0.4) is 0 Å². The van der Waals surface area contributed by atoms with Gasteiger partial charge in [-0.25, -0.2) is 14.0 Å². The summed E-state index contributed by atoms with van der Waals surface area (Å²) in [6, 6.07) is 14.8. The highest BCUT2D eigenvalue weighted by Gasteiger charge is 2.42. The molecule has 0 aliphatic heterocycles. The number of aliphatic carboxylic acids is 1. The fourth-order valence-electron chi connectivity index (χ4n) is 2.81. The Labute approximate surface area is 152 Å². The third-order valence-electron chi connectivity index (χ3n) is 4.24. The maximum Gasteiger partial charge on any atom is 0.411 e. The third-order valence-corrected chi connectivity index (χ3v) is 4.24. The first-order chi connectivity index (χ1) is 12.4. The smallest absolute Gasteiger partial charge is 0.411 e. The maximum absolute atomic E-state index is 13.4. The van der Waals surface area contributed by atoms with Crippen molar-refractivity contribution in [1.29, 1.82) is 0 Å². The van der Waals surface area contributed by atoms with E-state index in [1.165, 1.54) is 25.1 Å². The highest BCUT2D eigenvalue weighted by Crippen LogP contribution is 2.23. The molecule has 2 aromatic carbocycles. The lowest BCUT2D eigenvalue weighted by Crippen LogP contribution is -2.56. The molecule has 0 heterocycles. The Bertz CT molecular complexity index is 765. The number of halogens is 1. The average molecular weight is 359 g/mol. The monoisotopic (exact) mass is 359 g/mol. The number of benzene rings is 2. The quantitative estimate of drug-likeness (QED) is 0.815. The number of likely N-dealkylation sites (N-methyl/N-ethyl adjacent to an activating group) is 1. The Morgan fingerprint density at radius 3 is 2.35 bits per heavy atom. The molecule has 0 fully saturated rings. The van der Waals surface area contributed by atoms with E-state index in [0.717, 1.165) is 10.5 Å². The lowest BCUT2D eigenvalue weighted by molar-refractivity contribution is -0.149. The Kier molecular flexibility index (Phi) is 6.33. The topological polar surface area (TPSA) is 66.8 Å². The van der Waals surface area contributed by atoms with Gasteiger partial charge in [0.05, 0.1) is 0 Å². The lowest BCUT2D eigenvalue weighted by atomic mass is 9.91. The number of hydrogen-bond donors (Lipinski definition) is 1. The number of carbonyl (C=O) groups excluding carboxylic acids is 1. The Morgan fingerprint density at radius 2 is 1.77 bits per heavy atom. The predicted molar refractivity (Wildman–Crippen MR) is 95.2 cm³/mol. The molecule has 0 saturated heterocycles. The van der Waals surface area contributed by atoms with E-state index in [2.05, 4.69) is 0 Å². The number of amides is 1. The molecule has 1 amide bonds. The van der Waals surface area contributed by atoms with Crippen molar-refractivity contribution in [2.45, 2.75) is 32.4 Å². The molecular formula is C20H22FNO4. The number of nitrogens with zero attached hydrogens (tertiary/aromatic N) is 1. The van der Waals surface area contributed by atoms with E-state index in [9.17, 15) is 19.1 Å². The molecule has 0 bridgehead atoms. The van der Waals surface area contributed by atoms with Gasteiger partial charge in [-0.1, -0.05) is 42.5 Å². The van der Waals surface area contributed by atoms with Crippen molar-refractivity contribution in [2.75, 3.05) is 6.54 Å². The van der Waals surface area contributed by atoms with Crippen molar-refractivity contribution in [2.24, 2.45) is 0 Å². The predicted octanol–water partition coefficient (Wildman–Crippen LogP) is 3.87. The van der Waals surface area contributed by atoms with E-state index >= 15 is 0 Å². The van der Waals surface area contributed by atoms with Gasteiger partial charge in [-0.15, -0.1) is 0 Å². The van der Waals surface area contributed by atoms with Gasteiger partial charge in [0.15, 0.2) is 0 Å². The van der Waals surface area contributed by atoms with Gasteiger partial charge < -0.3 is 9.84 Å². The largest absolute Gasteiger partial charge is 0.479 e. The molecule has 0 aliphatic carbocycles. The van der Waals surface area contributed by atoms with Crippen molar-refractivity contribution in [1.82, 2.24) is 4.90 Å². The Balaban J connectivity index is 2.18. The second-order valence-corrected chi connectivity index (χ2v) is 6.17. The molecule has 0 aromatic heterocycles. The lowest BCUT2D eigenvalue weighted by Gasteiger charge is -2.36. The molecule has 6 heteroatoms. The van der Waals surface area contributed by atoms with Gasteiger partial charge in [-0.05, 0) is 37.1 Å². The van der Waals surface area contributed by atoms with Gasteiger partial charge >= 0.3 is 12.1 Å². The first-order valence-corrected chi connectivity index (χ1v) is 8.33. The molecule has 0 aliphatic rings. The number of ether oxygens (including phenoxy) is 1. The van der Waals surface area contributed by atoms with Gasteiger partial charge in [0.25, 0.3) is 0 Å². The van der Waals surface area contributed by atoms with Gasteiger partial charge in [0.1, 0.15) is 18.0 Å². The first kappa shape index (κ1) is 19.4. The normalized spacial score (nSPS) is 12.9. The van der Waals surface area contributed by atoms with Crippen LogP contribution < -0.4 is 0 Å². The highest BCUT2D eigenvalue weighted by atomic mass is 19.1. The molecule has 26 heavy (non-hydrogen) atoms. The number of hydrogen-bond acceptors (Lipinski definition) is 3. The van der Waals surface area contributed by atoms with Crippen LogP contribution in [0, 0.1) is 5.82 Å². The molecule has 2 rings (SSSR count). The average Bonchev–Trinajstić information content (AvgIpc) is 2.61. The summed E-state index contributed by atoms with van der Waals surface area (Å²) in [6.45, 7) is 3.31. The van der Waals surface area contributed by atoms with Crippen LogP contribution in [0.5, 0.6) is 0 Å². The van der Waals surface area contributed by atoms with E-state index in [1.807, 2.05) is 30.3 Å². The molecule has 5 nitrogen and oxygen atoms in total. The molecule has 1 N–H and O–H groups in total. The van der Waals surface area contributed by atoms with Gasteiger partial charge in [-0.2, -0.15) is 0 Å². The summed E-state index contributed by atoms with van der Waals surface area (Å²) >= 11 is 0. The number of carboxylic acids is 1. The molecule has 1 atom stereocenters. The van der Waals surface area contributed by atoms with Gasteiger partial charge in [-0.3, -0.25) is 4.90 Å². The van der Waals surface area contributed by atoms with Crippen LogP contribution in [0.25, 0.3) is 0 Å². The first-order valence-electron chi connectivity index (χ1n) is 8.33. The molecule has 0 radical (unpaired) electrons. The number of carboxylic acid groups (broad SMARTS) is 1. The Hall–Kier alpha value is -2.89. The molecule has 138 valence electrons. The van der Waals surface area contributed by atoms with E-state index in [0.29, 0.717) is 5.56 Å². The highest BCUT2D eigenvalue weighted by molar-refractivity contribution is 5.84. The summed E-state index contributed by atoms with van der Waals surface area (Å²) in [4.78, 5) is 25.6. The van der Waals surface area contributed by atoms with Crippen molar-refractivity contribution in [3.8, 4) is 0 Å². The van der Waals surface area contributed by atoms with Crippen LogP contribution in [-0.2, 0) is 22.6 Å². The van der Waals surface area contributed by atoms with E-state index in [-0.39, 0.29) is 19.6 Å². The SMILES string of the molecule is CCN(C(=O)OCc1ccccc1)C(C)(Cc1cccc(F)c1)C(=O)O. The van der Waals surface area contributed by atoms with Crippen molar-refractivity contribution >= 4 is 12.1 Å². The van der Waals surface area contributed by atoms with Gasteiger partial charge in [0, 0.05) is 13.0 Å². The zero-order chi connectivity index (χ0) is 19.2. The van der Waals surface area contributed by atoms with Crippen molar-refractivity contribution < 1.29 is 23.8 Å². The summed E-state index contributed by atoms with van der Waals surface area (Å²) in [5.41, 5.74) is -0.265. The second kappa shape index (κ2) is 8.47. The molecule has 2 aromatic rings. The number of carbonyl (C=O) groups is 2. The summed E-state index contributed by atoms with van der Waals surface area (Å²) in [7, 11) is 0. The minimum atomic E-state index is -1.56. The fourth-order valence-corrected chi connectivity index (χ4v) is 2.81. The van der Waals surface area contributed by atoms with Crippen molar-refractivity contribution in [3.05, 3.63) is 71.5 Å². The van der Waals surface area contributed by atoms with E-state index in [1.54, 1.807) is 13.0 Å². The zero-order valence-electron chi connectivity index (χ0n) is 14.8. The van der Waals surface area contributed by atoms with Crippen LogP contribution in [-0.4, -0.2) is 34.2 Å². The van der Waals surface area contributed by atoms with E-state index < -0.39 is 23.4 Å². The van der Waals surface area contributed by atoms with E-state index in [4.69, 9.17) is 4.74 Å². The van der Waals surface area contributed by atoms with Crippen LogP contribution >= 0.6 is 0 Å². The molecule has 1 unspecified atom stereocenters. The number of rotatable bonds is 7. The molecule has 0 spiro atoms. The second-order valence-electron chi connectivity index (χ2n) is 6.17. The summed E-state index contributed by atoms with van der Waals surface area (Å²) in [5.74, 6) is -1.63. The van der Waals surface area contributed by atoms with Crippen molar-refractivity contribution in [3.63, 3.8) is 0 Å². The van der Waals surface area contributed by atoms with Crippen LogP contribution in [0.4, 0.5) is 9.18 Å². The van der Waals surface area contributed by atoms with Gasteiger partial charge in [0.2, 0.25) is 0 Å². The zero-order valence-corrected chi connectivity index (χ0v) is 14.8. The minimum Gasteiger partial charge on any atom is -0.479 e. The maximum atomic E-state index is 13.4. The Morgan fingerprint density at radius 1 is 1.12 bits per heavy atom. The third kappa shape index (κ3) is 4.59. The van der Waals surface area contributed by atoms with Crippen LogP contribution in [0.2, 0.25) is 0 Å².